The summed E-state index contributed by atoms with van der Waals surface area (Å²) in [6, 6.07) is 25.5. The number of hydrogen-bond donors (Lipinski definition) is 3. The fourth-order valence-corrected chi connectivity index (χ4v) is 7.85. The van der Waals surface area contributed by atoms with Crippen molar-refractivity contribution in [3.05, 3.63) is 168 Å². The van der Waals surface area contributed by atoms with Gasteiger partial charge in [-0.3, -0.25) is 15.0 Å². The second kappa shape index (κ2) is 27.1. The highest BCUT2D eigenvalue weighted by molar-refractivity contribution is 5.41. The van der Waals surface area contributed by atoms with Gasteiger partial charge < -0.3 is 54.3 Å². The van der Waals surface area contributed by atoms with Crippen LogP contribution in [0.1, 0.15) is 22.3 Å². The highest BCUT2D eigenvalue weighted by atomic mass is 19.1. The molecule has 3 saturated heterocycles. The van der Waals surface area contributed by atoms with Crippen molar-refractivity contribution in [2.75, 3.05) is 100 Å². The Balaban J connectivity index is 0.000000148. The first-order chi connectivity index (χ1) is 35.9. The van der Waals surface area contributed by atoms with Crippen molar-refractivity contribution in [1.29, 1.82) is 0 Å². The first kappa shape index (κ1) is 51.5. The summed E-state index contributed by atoms with van der Waals surface area (Å²) in [4.78, 5) is 32.5. The summed E-state index contributed by atoms with van der Waals surface area (Å²) in [5.41, 5.74) is 2.95. The average Bonchev–Trinajstić information content (AvgIpc) is 3.45. The van der Waals surface area contributed by atoms with Crippen molar-refractivity contribution in [1.82, 2.24) is 45.9 Å². The number of hydrogen-bond acceptors (Lipinski definition) is 17. The normalized spacial score (nSPS) is 14.4. The molecular formula is C53H59F3N12O5. The van der Waals surface area contributed by atoms with Gasteiger partial charge in [0.15, 0.2) is 17.5 Å². The van der Waals surface area contributed by atoms with Gasteiger partial charge in [-0.1, -0.05) is 42.5 Å². The Labute approximate surface area is 422 Å². The Morgan fingerprint density at radius 1 is 0.438 bits per heavy atom. The second-order valence-corrected chi connectivity index (χ2v) is 16.8. The number of piperazine rings is 3. The Hall–Kier alpha value is -7.81. The number of nitrogens with zero attached hydrogens (tertiary/aromatic N) is 9. The molecule has 0 aliphatic carbocycles. The van der Waals surface area contributed by atoms with Crippen LogP contribution in [0, 0.1) is 17.5 Å². The van der Waals surface area contributed by atoms with Crippen molar-refractivity contribution in [2.24, 2.45) is 0 Å². The first-order valence-corrected chi connectivity index (χ1v) is 24.1. The van der Waals surface area contributed by atoms with Gasteiger partial charge in [-0.15, -0.1) is 0 Å². The molecule has 17 nitrogen and oxygen atoms in total. The summed E-state index contributed by atoms with van der Waals surface area (Å²) in [6.07, 6.45) is 9.86. The molecule has 73 heavy (non-hydrogen) atoms. The van der Waals surface area contributed by atoms with Gasteiger partial charge in [-0.2, -0.15) is 15.0 Å². The van der Waals surface area contributed by atoms with E-state index in [0.29, 0.717) is 42.2 Å². The largest absolute Gasteiger partial charge is 0.496 e. The van der Waals surface area contributed by atoms with Crippen molar-refractivity contribution < 1.29 is 36.9 Å². The summed E-state index contributed by atoms with van der Waals surface area (Å²) in [7, 11) is 1.54. The average molecular weight is 1000 g/mol. The van der Waals surface area contributed by atoms with Gasteiger partial charge in [-0.05, 0) is 59.7 Å². The minimum Gasteiger partial charge on any atom is -0.496 e. The molecule has 3 aromatic heterocycles. The smallest absolute Gasteiger partial charge is 0.234 e. The van der Waals surface area contributed by atoms with Crippen LogP contribution in [0.25, 0.3) is 0 Å². The van der Waals surface area contributed by atoms with E-state index in [1.807, 2.05) is 42.5 Å². The molecule has 4 aromatic carbocycles. The minimum absolute atomic E-state index is 0.0940. The Morgan fingerprint density at radius 3 is 1.30 bits per heavy atom. The third-order valence-corrected chi connectivity index (χ3v) is 11.8. The van der Waals surface area contributed by atoms with E-state index in [9.17, 15) is 13.2 Å². The molecule has 7 aromatic rings. The van der Waals surface area contributed by atoms with Crippen LogP contribution in [0.4, 0.5) is 30.6 Å². The Bertz CT molecular complexity index is 2790. The number of para-hydroxylation sites is 1. The van der Waals surface area contributed by atoms with Crippen molar-refractivity contribution in [3.63, 3.8) is 0 Å². The number of rotatable bonds is 16. The molecule has 10 rings (SSSR count). The summed E-state index contributed by atoms with van der Waals surface area (Å²) >= 11 is 0. The molecule has 0 saturated carbocycles. The molecule has 0 bridgehead atoms. The number of ether oxygens (including phenoxy) is 5. The molecular weight excluding hydrogens is 942 g/mol. The maximum atomic E-state index is 13.5. The lowest BCUT2D eigenvalue weighted by Gasteiger charge is -2.28. The quantitative estimate of drug-likeness (QED) is 0.0972. The molecule has 382 valence electrons. The number of halogens is 3. The molecule has 0 unspecified atom stereocenters. The number of methoxy groups -OCH3 is 1. The summed E-state index contributed by atoms with van der Waals surface area (Å²) < 4.78 is 68.2. The van der Waals surface area contributed by atoms with Crippen LogP contribution in [-0.2, 0) is 26.4 Å². The van der Waals surface area contributed by atoms with Gasteiger partial charge in [0.2, 0.25) is 17.6 Å². The van der Waals surface area contributed by atoms with Crippen LogP contribution in [0.2, 0.25) is 0 Å². The third-order valence-electron chi connectivity index (χ3n) is 11.8. The maximum absolute atomic E-state index is 13.5. The van der Waals surface area contributed by atoms with Gasteiger partial charge in [0.1, 0.15) is 55.4 Å². The highest BCUT2D eigenvalue weighted by Crippen LogP contribution is 2.23. The van der Waals surface area contributed by atoms with Crippen LogP contribution < -0.4 is 54.3 Å². The predicted molar refractivity (Wildman–Crippen MR) is 271 cm³/mol. The van der Waals surface area contributed by atoms with E-state index in [1.54, 1.807) is 44.2 Å². The van der Waals surface area contributed by atoms with Crippen molar-refractivity contribution in [2.45, 2.75) is 26.4 Å². The highest BCUT2D eigenvalue weighted by Gasteiger charge is 2.17. The molecule has 3 N–H and O–H groups in total. The number of aromatic nitrogens is 6. The van der Waals surface area contributed by atoms with Gasteiger partial charge in [0.05, 0.1) is 44.3 Å². The zero-order valence-electron chi connectivity index (χ0n) is 40.6. The van der Waals surface area contributed by atoms with Gasteiger partial charge in [0.25, 0.3) is 0 Å². The molecule has 0 atom stereocenters. The number of anilines is 3. The molecule has 20 heteroatoms. The number of benzene rings is 4. The standard InChI is InChI=1S/C22H24N4O2.C16H19FN4O2.C15H16F2N4O/c1-2-8-20(9-3-1)27-16-18-6-4-5-7-19(18)17-28-22-15-24-14-21(25-22)26-12-10-23-11-13-26;1-22-14-3-2-13(17)8-12(14)11-23-16-10-19-9-15(20-16)21-6-4-18-5-7-21;16-12-1-2-13(17)11(7-12)10-22-15-9-19-8-14(20-15)21-5-3-18-4-6-21/h1-9,14-15,23H,10-13,16-17H2;2-3,8-10,18H,4-7,11H2,1H3;1-2,7-9,18H,3-6,10H2. The SMILES string of the molecule is COc1ccc(F)cc1COc1cncc(N2CCNCC2)n1.Fc1ccc(F)c(COc2cncc(N3CCNCC3)n2)c1.c1ccc(OCc2ccccc2COc2cncc(N3CCNCC3)n2)cc1. The monoisotopic (exact) mass is 1000 g/mol. The Kier molecular flexibility index (Phi) is 19.2. The van der Waals surface area contributed by atoms with Gasteiger partial charge >= 0.3 is 0 Å². The van der Waals surface area contributed by atoms with Crippen LogP contribution in [-0.4, -0.2) is 116 Å². The molecule has 3 fully saturated rings. The first-order valence-electron chi connectivity index (χ1n) is 24.1. The molecule has 0 radical (unpaired) electrons. The van der Waals surface area contributed by atoms with Crippen LogP contribution in [0.5, 0.6) is 29.1 Å². The Morgan fingerprint density at radius 2 is 0.836 bits per heavy atom. The lowest BCUT2D eigenvalue weighted by atomic mass is 10.1. The number of nitrogens with one attached hydrogen (secondary N) is 3. The van der Waals surface area contributed by atoms with Crippen molar-refractivity contribution in [3.8, 4) is 29.1 Å². The molecule has 6 heterocycles. The van der Waals surface area contributed by atoms with E-state index in [-0.39, 0.29) is 24.6 Å². The topological polar surface area (TPSA) is 169 Å². The molecule has 0 amide bonds. The molecule has 3 aliphatic heterocycles. The minimum atomic E-state index is -0.507. The fourth-order valence-electron chi connectivity index (χ4n) is 7.85. The summed E-state index contributed by atoms with van der Waals surface area (Å²) in [5.74, 6) is 3.71. The fraction of sp³-hybridized carbons (Fsp3) is 0.321. The van der Waals surface area contributed by atoms with E-state index in [1.165, 1.54) is 18.3 Å². The van der Waals surface area contributed by atoms with E-state index in [2.05, 4.69) is 72.7 Å². The van der Waals surface area contributed by atoms with E-state index >= 15 is 0 Å². The van der Waals surface area contributed by atoms with E-state index in [4.69, 9.17) is 23.7 Å². The van der Waals surface area contributed by atoms with Crippen molar-refractivity contribution >= 4 is 17.5 Å². The zero-order valence-corrected chi connectivity index (χ0v) is 40.6. The van der Waals surface area contributed by atoms with Gasteiger partial charge in [-0.25, -0.2) is 13.2 Å². The van der Waals surface area contributed by atoms with E-state index in [0.717, 1.165) is 131 Å². The predicted octanol–water partition coefficient (Wildman–Crippen LogP) is 6.40. The van der Waals surface area contributed by atoms with Crippen LogP contribution in [0.15, 0.2) is 128 Å². The third kappa shape index (κ3) is 15.8. The second-order valence-electron chi connectivity index (χ2n) is 16.8. The summed E-state index contributed by atoms with van der Waals surface area (Å²) in [5, 5.41) is 9.89. The van der Waals surface area contributed by atoms with E-state index < -0.39 is 11.6 Å². The van der Waals surface area contributed by atoms with Crippen LogP contribution >= 0.6 is 0 Å². The molecule has 3 aliphatic rings. The maximum Gasteiger partial charge on any atom is 0.234 e. The summed E-state index contributed by atoms with van der Waals surface area (Å²) in [6.45, 7) is 11.9. The molecule has 0 spiro atoms. The lowest BCUT2D eigenvalue weighted by Crippen LogP contribution is -2.43. The lowest BCUT2D eigenvalue weighted by molar-refractivity contribution is 0.278. The van der Waals surface area contributed by atoms with Crippen LogP contribution in [0.3, 0.4) is 0 Å². The van der Waals surface area contributed by atoms with Gasteiger partial charge in [0, 0.05) is 89.7 Å². The zero-order chi connectivity index (χ0) is 50.5.